The van der Waals surface area contributed by atoms with Gasteiger partial charge < -0.3 is 20.3 Å². The number of hydrogen-bond donors (Lipinski definition) is 2. The van der Waals surface area contributed by atoms with Gasteiger partial charge in [0.2, 0.25) is 0 Å². The predicted molar refractivity (Wildman–Crippen MR) is 57.7 cm³/mol. The molecule has 1 rings (SSSR count). The van der Waals surface area contributed by atoms with Gasteiger partial charge in [-0.1, -0.05) is 0 Å². The molecule has 1 saturated heterocycles. The van der Waals surface area contributed by atoms with Gasteiger partial charge in [0.15, 0.2) is 0 Å². The smallest absolute Gasteiger partial charge is 0.0971 e. The Kier molecular flexibility index (Phi) is 4.48. The molecule has 90 valence electrons. The number of nitrogens with two attached hydrogens (primary N) is 1. The summed E-state index contributed by atoms with van der Waals surface area (Å²) in [7, 11) is 3.38. The van der Waals surface area contributed by atoms with Crippen LogP contribution in [-0.4, -0.2) is 68.2 Å². The van der Waals surface area contributed by atoms with Crippen LogP contribution in [0.1, 0.15) is 6.92 Å². The summed E-state index contributed by atoms with van der Waals surface area (Å²) < 4.78 is 10.6. The van der Waals surface area contributed by atoms with Crippen molar-refractivity contribution in [2.75, 3.05) is 40.5 Å². The first-order valence-electron chi connectivity index (χ1n) is 5.20. The van der Waals surface area contributed by atoms with Gasteiger partial charge in [0.1, 0.15) is 0 Å². The standard InChI is InChI=1S/C10H22N2O3/c1-10(11,7-13)6-12-4-8(14-2)9(5-12)15-3/h8-9,13H,4-7,11H2,1-3H3. The summed E-state index contributed by atoms with van der Waals surface area (Å²) in [6, 6.07) is 0. The fourth-order valence-corrected chi connectivity index (χ4v) is 1.96. The lowest BCUT2D eigenvalue weighted by Gasteiger charge is -2.27. The Labute approximate surface area is 91.1 Å². The molecule has 15 heavy (non-hydrogen) atoms. The molecule has 0 spiro atoms. The van der Waals surface area contributed by atoms with Crippen LogP contribution in [0.25, 0.3) is 0 Å². The van der Waals surface area contributed by atoms with Crippen LogP contribution in [0.3, 0.4) is 0 Å². The van der Waals surface area contributed by atoms with Crippen molar-refractivity contribution in [2.24, 2.45) is 5.73 Å². The van der Waals surface area contributed by atoms with Gasteiger partial charge in [-0.15, -0.1) is 0 Å². The molecular formula is C10H22N2O3. The molecule has 5 nitrogen and oxygen atoms in total. The van der Waals surface area contributed by atoms with Crippen LogP contribution < -0.4 is 5.73 Å². The fraction of sp³-hybridized carbons (Fsp3) is 1.00. The van der Waals surface area contributed by atoms with Crippen LogP contribution in [0.15, 0.2) is 0 Å². The van der Waals surface area contributed by atoms with E-state index in [1.807, 2.05) is 6.92 Å². The highest BCUT2D eigenvalue weighted by molar-refractivity contribution is 4.91. The van der Waals surface area contributed by atoms with Crippen molar-refractivity contribution in [3.05, 3.63) is 0 Å². The monoisotopic (exact) mass is 218 g/mol. The summed E-state index contributed by atoms with van der Waals surface area (Å²) in [4.78, 5) is 2.17. The number of aliphatic hydroxyl groups is 1. The van der Waals surface area contributed by atoms with Crippen LogP contribution in [0.4, 0.5) is 0 Å². The lowest BCUT2D eigenvalue weighted by atomic mass is 10.1. The highest BCUT2D eigenvalue weighted by atomic mass is 16.5. The second kappa shape index (κ2) is 5.23. The average molecular weight is 218 g/mol. The molecule has 0 aromatic carbocycles. The zero-order chi connectivity index (χ0) is 11.5. The topological polar surface area (TPSA) is 68.0 Å². The van der Waals surface area contributed by atoms with Crippen molar-refractivity contribution in [3.8, 4) is 0 Å². The van der Waals surface area contributed by atoms with E-state index in [4.69, 9.17) is 20.3 Å². The molecule has 0 bridgehead atoms. The third kappa shape index (κ3) is 3.39. The Balaban J connectivity index is 2.47. The average Bonchev–Trinajstić information content (AvgIpc) is 2.59. The summed E-state index contributed by atoms with van der Waals surface area (Å²) in [5, 5.41) is 9.09. The van der Waals surface area contributed by atoms with Crippen molar-refractivity contribution < 1.29 is 14.6 Å². The summed E-state index contributed by atoms with van der Waals surface area (Å²) in [6.07, 6.45) is 0.203. The minimum Gasteiger partial charge on any atom is -0.394 e. The number of ether oxygens (including phenoxy) is 2. The molecule has 0 aromatic heterocycles. The van der Waals surface area contributed by atoms with E-state index in [0.29, 0.717) is 6.54 Å². The Morgan fingerprint density at radius 1 is 1.33 bits per heavy atom. The SMILES string of the molecule is COC1CN(CC(C)(N)CO)CC1OC. The lowest BCUT2D eigenvalue weighted by Crippen LogP contribution is -2.50. The van der Waals surface area contributed by atoms with E-state index in [0.717, 1.165) is 13.1 Å². The van der Waals surface area contributed by atoms with Crippen molar-refractivity contribution in [1.82, 2.24) is 4.90 Å². The normalized spacial score (nSPS) is 31.8. The Hall–Kier alpha value is -0.200. The molecule has 3 unspecified atom stereocenters. The largest absolute Gasteiger partial charge is 0.394 e. The third-order valence-electron chi connectivity index (χ3n) is 2.84. The van der Waals surface area contributed by atoms with Crippen molar-refractivity contribution in [2.45, 2.75) is 24.7 Å². The van der Waals surface area contributed by atoms with Crippen molar-refractivity contribution in [3.63, 3.8) is 0 Å². The highest BCUT2D eigenvalue weighted by Gasteiger charge is 2.35. The molecule has 0 aliphatic carbocycles. The molecule has 0 amide bonds. The van der Waals surface area contributed by atoms with E-state index in [1.54, 1.807) is 14.2 Å². The van der Waals surface area contributed by atoms with Gasteiger partial charge in [-0.2, -0.15) is 0 Å². The predicted octanol–water partition coefficient (Wildman–Crippen LogP) is -0.958. The number of hydrogen-bond acceptors (Lipinski definition) is 5. The molecular weight excluding hydrogens is 196 g/mol. The Morgan fingerprint density at radius 2 is 1.80 bits per heavy atom. The van der Waals surface area contributed by atoms with Crippen molar-refractivity contribution in [1.29, 1.82) is 0 Å². The Bertz CT molecular complexity index is 187. The molecule has 1 aliphatic rings. The van der Waals surface area contributed by atoms with Gasteiger partial charge in [0.05, 0.1) is 18.8 Å². The van der Waals surface area contributed by atoms with Crippen molar-refractivity contribution >= 4 is 0 Å². The van der Waals surface area contributed by atoms with Crippen LogP contribution in [0.5, 0.6) is 0 Å². The maximum atomic E-state index is 9.09. The van der Waals surface area contributed by atoms with Gasteiger partial charge in [0.25, 0.3) is 0 Å². The van der Waals surface area contributed by atoms with Crippen LogP contribution in [-0.2, 0) is 9.47 Å². The maximum absolute atomic E-state index is 9.09. The van der Waals surface area contributed by atoms with E-state index >= 15 is 0 Å². The summed E-state index contributed by atoms with van der Waals surface area (Å²) in [5.74, 6) is 0. The molecule has 3 N–H and O–H groups in total. The number of rotatable bonds is 5. The minimum atomic E-state index is -0.555. The van der Waals surface area contributed by atoms with E-state index in [1.165, 1.54) is 0 Å². The van der Waals surface area contributed by atoms with E-state index in [2.05, 4.69) is 4.90 Å². The molecule has 1 fully saturated rings. The molecule has 1 heterocycles. The van der Waals surface area contributed by atoms with Gasteiger partial charge in [-0.05, 0) is 6.92 Å². The lowest BCUT2D eigenvalue weighted by molar-refractivity contribution is -0.00461. The molecule has 0 saturated carbocycles. The Morgan fingerprint density at radius 3 is 2.13 bits per heavy atom. The number of aliphatic hydroxyl groups excluding tert-OH is 1. The molecule has 5 heteroatoms. The summed E-state index contributed by atoms with van der Waals surface area (Å²) >= 11 is 0. The van der Waals surface area contributed by atoms with E-state index < -0.39 is 5.54 Å². The zero-order valence-electron chi connectivity index (χ0n) is 9.77. The van der Waals surface area contributed by atoms with Gasteiger partial charge >= 0.3 is 0 Å². The highest BCUT2D eigenvalue weighted by Crippen LogP contribution is 2.17. The number of likely N-dealkylation sites (tertiary alicyclic amines) is 1. The maximum Gasteiger partial charge on any atom is 0.0971 e. The fourth-order valence-electron chi connectivity index (χ4n) is 1.96. The van der Waals surface area contributed by atoms with Gasteiger partial charge in [-0.25, -0.2) is 0 Å². The first kappa shape index (κ1) is 12.9. The van der Waals surface area contributed by atoms with E-state index in [9.17, 15) is 0 Å². The van der Waals surface area contributed by atoms with Gasteiger partial charge in [-0.3, -0.25) is 4.90 Å². The second-order valence-electron chi connectivity index (χ2n) is 4.55. The van der Waals surface area contributed by atoms with Crippen LogP contribution >= 0.6 is 0 Å². The molecule has 3 atom stereocenters. The first-order chi connectivity index (χ1) is 7.02. The first-order valence-corrected chi connectivity index (χ1v) is 5.20. The number of nitrogens with zero attached hydrogens (tertiary/aromatic N) is 1. The van der Waals surface area contributed by atoms with E-state index in [-0.39, 0.29) is 18.8 Å². The van der Waals surface area contributed by atoms with Crippen LogP contribution in [0, 0.1) is 0 Å². The summed E-state index contributed by atoms with van der Waals surface area (Å²) in [6.45, 7) is 4.10. The zero-order valence-corrected chi connectivity index (χ0v) is 9.77. The third-order valence-corrected chi connectivity index (χ3v) is 2.84. The van der Waals surface area contributed by atoms with Gasteiger partial charge in [0, 0.05) is 39.4 Å². The van der Waals surface area contributed by atoms with Crippen LogP contribution in [0.2, 0.25) is 0 Å². The molecule has 1 aliphatic heterocycles. The molecule has 0 radical (unpaired) electrons. The molecule has 0 aromatic rings. The number of methoxy groups -OCH3 is 2. The quantitative estimate of drug-likeness (QED) is 0.622. The summed E-state index contributed by atoms with van der Waals surface area (Å²) in [5.41, 5.74) is 5.34. The second-order valence-corrected chi connectivity index (χ2v) is 4.55. The minimum absolute atomic E-state index is 0.0151.